The number of nitrogens with one attached hydrogen (secondary N) is 1. The summed E-state index contributed by atoms with van der Waals surface area (Å²) >= 11 is 0. The van der Waals surface area contributed by atoms with Crippen molar-refractivity contribution in [3.63, 3.8) is 0 Å². The molecule has 3 nitrogen and oxygen atoms in total. The molecule has 2 rings (SSSR count). The van der Waals surface area contributed by atoms with E-state index in [4.69, 9.17) is 0 Å². The molecule has 0 saturated carbocycles. The Kier molecular flexibility index (Phi) is 2.87. The van der Waals surface area contributed by atoms with Gasteiger partial charge in [-0.3, -0.25) is 9.59 Å². The monoisotopic (exact) mass is 231 g/mol. The second kappa shape index (κ2) is 4.33. The van der Waals surface area contributed by atoms with Crippen molar-refractivity contribution in [2.45, 2.75) is 0 Å². The number of anilines is 1. The normalized spacial score (nSPS) is 10.4. The van der Waals surface area contributed by atoms with Crippen molar-refractivity contribution in [3.05, 3.63) is 63.2 Å². The Morgan fingerprint density at radius 3 is 2.41 bits per heavy atom. The van der Waals surface area contributed by atoms with E-state index in [0.717, 1.165) is 0 Å². The van der Waals surface area contributed by atoms with Crippen molar-refractivity contribution >= 4 is 5.69 Å². The van der Waals surface area contributed by atoms with E-state index < -0.39 is 10.9 Å². The second-order valence-electron chi connectivity index (χ2n) is 3.58. The highest BCUT2D eigenvalue weighted by molar-refractivity contribution is 5.81. The van der Waals surface area contributed by atoms with E-state index in [2.05, 4.69) is 11.9 Å². The molecule has 0 aliphatic heterocycles. The number of hydrogen-bond acceptors (Lipinski definition) is 3. The van der Waals surface area contributed by atoms with E-state index in [-0.39, 0.29) is 11.5 Å². The molecule has 0 spiro atoms. The number of benzene rings is 1. The van der Waals surface area contributed by atoms with Crippen molar-refractivity contribution in [1.82, 2.24) is 0 Å². The van der Waals surface area contributed by atoms with Crippen LogP contribution < -0.4 is 16.2 Å². The third-order valence-electron chi connectivity index (χ3n) is 2.47. The summed E-state index contributed by atoms with van der Waals surface area (Å²) in [6.07, 6.45) is 1.59. The van der Waals surface area contributed by atoms with Gasteiger partial charge in [-0.25, -0.2) is 4.39 Å². The van der Waals surface area contributed by atoms with Crippen molar-refractivity contribution in [2.24, 2.45) is 0 Å². The number of hydrogen-bond donors (Lipinski definition) is 1. The molecule has 0 amide bonds. The molecule has 4 heteroatoms. The van der Waals surface area contributed by atoms with Crippen LogP contribution in [0.5, 0.6) is 0 Å². The van der Waals surface area contributed by atoms with Gasteiger partial charge in [0.1, 0.15) is 5.82 Å². The fourth-order valence-corrected chi connectivity index (χ4v) is 1.63. The third-order valence-corrected chi connectivity index (χ3v) is 2.47. The molecule has 86 valence electrons. The van der Waals surface area contributed by atoms with Crippen LogP contribution in [0.2, 0.25) is 0 Å². The van der Waals surface area contributed by atoms with Gasteiger partial charge in [-0.1, -0.05) is 18.2 Å². The molecule has 0 saturated heterocycles. The van der Waals surface area contributed by atoms with Crippen LogP contribution in [0.15, 0.2) is 46.5 Å². The second-order valence-corrected chi connectivity index (χ2v) is 3.58. The highest BCUT2D eigenvalue weighted by atomic mass is 19.1. The number of halogens is 1. The SMILES string of the molecule is C=CCNc1c(-c2ccc(F)cc2)c(=O)c1=O. The average Bonchev–Trinajstić information content (AvgIpc) is 2.35. The first-order chi connectivity index (χ1) is 8.15. The molecule has 0 unspecified atom stereocenters. The van der Waals surface area contributed by atoms with Crippen LogP contribution >= 0.6 is 0 Å². The van der Waals surface area contributed by atoms with Gasteiger partial charge < -0.3 is 5.32 Å². The van der Waals surface area contributed by atoms with Gasteiger partial charge in [-0.05, 0) is 17.7 Å². The molecule has 1 N–H and O–H groups in total. The Morgan fingerprint density at radius 2 is 1.82 bits per heavy atom. The highest BCUT2D eigenvalue weighted by Gasteiger charge is 2.21. The summed E-state index contributed by atoms with van der Waals surface area (Å²) in [5.41, 5.74) is 0.0651. The van der Waals surface area contributed by atoms with Crippen molar-refractivity contribution < 1.29 is 4.39 Å². The Morgan fingerprint density at radius 1 is 1.18 bits per heavy atom. The van der Waals surface area contributed by atoms with Crippen LogP contribution in [0, 0.1) is 5.82 Å². The van der Waals surface area contributed by atoms with Crippen molar-refractivity contribution in [3.8, 4) is 11.1 Å². The van der Waals surface area contributed by atoms with Gasteiger partial charge in [0.15, 0.2) is 0 Å². The van der Waals surface area contributed by atoms with E-state index in [1.165, 1.54) is 24.3 Å². The first kappa shape index (κ1) is 11.3. The van der Waals surface area contributed by atoms with Gasteiger partial charge in [0, 0.05) is 6.54 Å². The molecule has 2 aromatic carbocycles. The molecule has 0 aliphatic carbocycles. The lowest BCUT2D eigenvalue weighted by atomic mass is 9.98. The lowest BCUT2D eigenvalue weighted by Gasteiger charge is -2.11. The van der Waals surface area contributed by atoms with Crippen molar-refractivity contribution in [2.75, 3.05) is 11.9 Å². The summed E-state index contributed by atoms with van der Waals surface area (Å²) in [7, 11) is 0. The van der Waals surface area contributed by atoms with Gasteiger partial charge in [-0.2, -0.15) is 0 Å². The lowest BCUT2D eigenvalue weighted by Crippen LogP contribution is -2.36. The van der Waals surface area contributed by atoms with E-state index in [9.17, 15) is 14.0 Å². The van der Waals surface area contributed by atoms with E-state index in [1.807, 2.05) is 0 Å². The minimum atomic E-state index is -0.539. The summed E-state index contributed by atoms with van der Waals surface area (Å²) in [5.74, 6) is -0.381. The smallest absolute Gasteiger partial charge is 0.250 e. The summed E-state index contributed by atoms with van der Waals surface area (Å²) < 4.78 is 12.7. The predicted octanol–water partition coefficient (Wildman–Crippen LogP) is 1.69. The summed E-state index contributed by atoms with van der Waals surface area (Å²) in [4.78, 5) is 22.8. The first-order valence-corrected chi connectivity index (χ1v) is 5.09. The molecule has 0 aromatic heterocycles. The molecule has 2 aromatic rings. The minimum Gasteiger partial charge on any atom is -0.378 e. The predicted molar refractivity (Wildman–Crippen MR) is 65.4 cm³/mol. The molecule has 0 heterocycles. The zero-order valence-electron chi connectivity index (χ0n) is 9.00. The van der Waals surface area contributed by atoms with Crippen molar-refractivity contribution in [1.29, 1.82) is 0 Å². The summed E-state index contributed by atoms with van der Waals surface area (Å²) in [6, 6.07) is 5.46. The largest absolute Gasteiger partial charge is 0.378 e. The summed E-state index contributed by atoms with van der Waals surface area (Å²) in [5, 5.41) is 2.81. The zero-order valence-corrected chi connectivity index (χ0v) is 9.00. The molecular weight excluding hydrogens is 221 g/mol. The van der Waals surface area contributed by atoms with Gasteiger partial charge in [0.05, 0.1) is 11.3 Å². The molecule has 0 bridgehead atoms. The molecule has 0 fully saturated rings. The zero-order chi connectivity index (χ0) is 12.4. The molecule has 0 aliphatic rings. The third kappa shape index (κ3) is 1.89. The van der Waals surface area contributed by atoms with Crippen LogP contribution in [0.25, 0.3) is 11.1 Å². The Bertz CT molecular complexity index is 622. The minimum absolute atomic E-state index is 0.279. The van der Waals surface area contributed by atoms with Gasteiger partial charge in [0.25, 0.3) is 0 Å². The molecular formula is C13H10FNO2. The van der Waals surface area contributed by atoms with Gasteiger partial charge in [0.2, 0.25) is 10.9 Å². The Balaban J connectivity index is 2.42. The highest BCUT2D eigenvalue weighted by Crippen LogP contribution is 2.23. The fourth-order valence-electron chi connectivity index (χ4n) is 1.63. The van der Waals surface area contributed by atoms with Crippen LogP contribution in [0.1, 0.15) is 0 Å². The van der Waals surface area contributed by atoms with E-state index >= 15 is 0 Å². The first-order valence-electron chi connectivity index (χ1n) is 5.09. The maximum absolute atomic E-state index is 12.7. The quantitative estimate of drug-likeness (QED) is 0.643. The van der Waals surface area contributed by atoms with Crippen LogP contribution in [0.3, 0.4) is 0 Å². The maximum atomic E-state index is 12.7. The van der Waals surface area contributed by atoms with Crippen LogP contribution in [-0.2, 0) is 0 Å². The maximum Gasteiger partial charge on any atom is 0.250 e. The van der Waals surface area contributed by atoms with Gasteiger partial charge >= 0.3 is 0 Å². The number of rotatable bonds is 4. The average molecular weight is 231 g/mol. The molecule has 0 atom stereocenters. The molecule has 0 radical (unpaired) electrons. The Hall–Kier alpha value is -2.23. The van der Waals surface area contributed by atoms with E-state index in [0.29, 0.717) is 17.7 Å². The van der Waals surface area contributed by atoms with Crippen LogP contribution in [-0.4, -0.2) is 6.54 Å². The summed E-state index contributed by atoms with van der Waals surface area (Å²) in [6.45, 7) is 3.92. The Labute approximate surface area is 96.9 Å². The van der Waals surface area contributed by atoms with E-state index in [1.54, 1.807) is 6.08 Å². The van der Waals surface area contributed by atoms with Gasteiger partial charge in [-0.15, -0.1) is 6.58 Å². The standard InChI is InChI=1S/C13H10FNO2/c1-2-7-15-11-10(12(16)13(11)17)8-3-5-9(14)6-4-8/h2-6,15H,1,7H2. The fraction of sp³-hybridized carbons (Fsp3) is 0.0769. The topological polar surface area (TPSA) is 46.2 Å². The molecule has 17 heavy (non-hydrogen) atoms. The van der Waals surface area contributed by atoms with Crippen LogP contribution in [0.4, 0.5) is 10.1 Å². The lowest BCUT2D eigenvalue weighted by molar-refractivity contribution is 0.628.